The van der Waals surface area contributed by atoms with E-state index >= 15 is 0 Å². The van der Waals surface area contributed by atoms with Crippen LogP contribution in [0.4, 0.5) is 0 Å². The second-order valence-corrected chi connectivity index (χ2v) is 5.68. The minimum atomic E-state index is 0.679. The van der Waals surface area contributed by atoms with Crippen LogP contribution in [0.1, 0.15) is 19.8 Å². The maximum absolute atomic E-state index is 5.69. The minimum absolute atomic E-state index is 0.679. The van der Waals surface area contributed by atoms with E-state index in [1.807, 2.05) is 55.5 Å². The first-order valence-electron chi connectivity index (χ1n) is 7.52. The molecule has 2 aromatic carbocycles. The van der Waals surface area contributed by atoms with E-state index in [9.17, 15) is 0 Å². The van der Waals surface area contributed by atoms with Gasteiger partial charge in [-0.2, -0.15) is 0 Å². The highest BCUT2D eigenvalue weighted by Gasteiger charge is 1.97. The Bertz CT molecular complexity index is 555. The van der Waals surface area contributed by atoms with Crippen LogP contribution >= 0.6 is 15.9 Å². The summed E-state index contributed by atoms with van der Waals surface area (Å²) in [6.45, 7) is 4.04. The molecule has 0 aliphatic heterocycles. The Morgan fingerprint density at radius 2 is 1.36 bits per heavy atom. The van der Waals surface area contributed by atoms with Crippen LogP contribution < -0.4 is 14.2 Å². The molecule has 0 spiro atoms. The van der Waals surface area contributed by atoms with Gasteiger partial charge in [0.25, 0.3) is 0 Å². The summed E-state index contributed by atoms with van der Waals surface area (Å²) in [5, 5.41) is 0. The average Bonchev–Trinajstić information content (AvgIpc) is 2.53. The summed E-state index contributed by atoms with van der Waals surface area (Å²) in [4.78, 5) is 0. The standard InChI is InChI=1S/C18H21BrO3/c1-2-20-16-8-10-17(11-9-16)21-12-3-4-13-22-18-7-5-6-15(19)14-18/h5-11,14H,2-4,12-13H2,1H3. The third-order valence-electron chi connectivity index (χ3n) is 3.01. The molecule has 0 aromatic heterocycles. The molecule has 2 aromatic rings. The monoisotopic (exact) mass is 364 g/mol. The van der Waals surface area contributed by atoms with Gasteiger partial charge in [0.15, 0.2) is 0 Å². The number of benzene rings is 2. The minimum Gasteiger partial charge on any atom is -0.494 e. The number of hydrogen-bond acceptors (Lipinski definition) is 3. The zero-order chi connectivity index (χ0) is 15.6. The van der Waals surface area contributed by atoms with Crippen molar-refractivity contribution in [3.05, 3.63) is 53.0 Å². The third-order valence-corrected chi connectivity index (χ3v) is 3.50. The molecule has 0 heterocycles. The van der Waals surface area contributed by atoms with Gasteiger partial charge in [-0.15, -0.1) is 0 Å². The van der Waals surface area contributed by atoms with Gasteiger partial charge in [-0.25, -0.2) is 0 Å². The van der Waals surface area contributed by atoms with Gasteiger partial charge in [0.1, 0.15) is 17.2 Å². The Hall–Kier alpha value is -1.68. The molecule has 0 atom stereocenters. The molecule has 0 amide bonds. The van der Waals surface area contributed by atoms with E-state index < -0.39 is 0 Å². The van der Waals surface area contributed by atoms with E-state index in [1.54, 1.807) is 0 Å². The quantitative estimate of drug-likeness (QED) is 0.580. The van der Waals surface area contributed by atoms with Crippen molar-refractivity contribution < 1.29 is 14.2 Å². The van der Waals surface area contributed by atoms with Crippen molar-refractivity contribution in [2.45, 2.75) is 19.8 Å². The maximum Gasteiger partial charge on any atom is 0.120 e. The van der Waals surface area contributed by atoms with Crippen molar-refractivity contribution in [2.24, 2.45) is 0 Å². The van der Waals surface area contributed by atoms with Crippen molar-refractivity contribution in [1.29, 1.82) is 0 Å². The largest absolute Gasteiger partial charge is 0.494 e. The van der Waals surface area contributed by atoms with Crippen molar-refractivity contribution >= 4 is 15.9 Å². The zero-order valence-electron chi connectivity index (χ0n) is 12.8. The lowest BCUT2D eigenvalue weighted by Gasteiger charge is -2.09. The van der Waals surface area contributed by atoms with E-state index in [-0.39, 0.29) is 0 Å². The third kappa shape index (κ3) is 5.98. The van der Waals surface area contributed by atoms with Gasteiger partial charge in [0.05, 0.1) is 19.8 Å². The molecule has 0 saturated heterocycles. The Morgan fingerprint density at radius 1 is 0.773 bits per heavy atom. The lowest BCUT2D eigenvalue weighted by molar-refractivity contribution is 0.266. The molecule has 3 nitrogen and oxygen atoms in total. The van der Waals surface area contributed by atoms with Gasteiger partial charge < -0.3 is 14.2 Å². The molecule has 118 valence electrons. The van der Waals surface area contributed by atoms with E-state index in [0.29, 0.717) is 19.8 Å². The number of unbranched alkanes of at least 4 members (excludes halogenated alkanes) is 1. The molecule has 0 radical (unpaired) electrons. The molecule has 0 aliphatic carbocycles. The van der Waals surface area contributed by atoms with Crippen molar-refractivity contribution in [3.63, 3.8) is 0 Å². The Kier molecular flexibility index (Phi) is 7.10. The fraction of sp³-hybridized carbons (Fsp3) is 0.333. The first-order chi connectivity index (χ1) is 10.8. The number of rotatable bonds is 9. The number of hydrogen-bond donors (Lipinski definition) is 0. The van der Waals surface area contributed by atoms with E-state index in [4.69, 9.17) is 14.2 Å². The van der Waals surface area contributed by atoms with Gasteiger partial charge in [-0.1, -0.05) is 22.0 Å². The summed E-state index contributed by atoms with van der Waals surface area (Å²) in [6, 6.07) is 15.6. The van der Waals surface area contributed by atoms with Gasteiger partial charge >= 0.3 is 0 Å². The predicted molar refractivity (Wildman–Crippen MR) is 92.0 cm³/mol. The van der Waals surface area contributed by atoms with Crippen LogP contribution in [0.5, 0.6) is 17.2 Å². The molecule has 0 saturated carbocycles. The molecule has 4 heteroatoms. The number of ether oxygens (including phenoxy) is 3. The van der Waals surface area contributed by atoms with Crippen LogP contribution in [0.15, 0.2) is 53.0 Å². The SMILES string of the molecule is CCOc1ccc(OCCCCOc2cccc(Br)c2)cc1. The van der Waals surface area contributed by atoms with Crippen molar-refractivity contribution in [3.8, 4) is 17.2 Å². The summed E-state index contributed by atoms with van der Waals surface area (Å²) in [6.07, 6.45) is 1.92. The van der Waals surface area contributed by atoms with Crippen LogP contribution in [0.2, 0.25) is 0 Å². The van der Waals surface area contributed by atoms with Crippen LogP contribution in [0.25, 0.3) is 0 Å². The first-order valence-corrected chi connectivity index (χ1v) is 8.31. The van der Waals surface area contributed by atoms with Crippen LogP contribution in [-0.4, -0.2) is 19.8 Å². The van der Waals surface area contributed by atoms with E-state index in [1.165, 1.54) is 0 Å². The highest BCUT2D eigenvalue weighted by Crippen LogP contribution is 2.19. The highest BCUT2D eigenvalue weighted by atomic mass is 79.9. The van der Waals surface area contributed by atoms with Gasteiger partial charge in [-0.05, 0) is 62.2 Å². The Morgan fingerprint density at radius 3 is 1.95 bits per heavy atom. The van der Waals surface area contributed by atoms with Gasteiger partial charge in [0.2, 0.25) is 0 Å². The van der Waals surface area contributed by atoms with Crippen molar-refractivity contribution in [1.82, 2.24) is 0 Å². The van der Waals surface area contributed by atoms with Crippen LogP contribution in [-0.2, 0) is 0 Å². The average molecular weight is 365 g/mol. The molecular weight excluding hydrogens is 344 g/mol. The summed E-state index contributed by atoms with van der Waals surface area (Å²) < 4.78 is 17.8. The van der Waals surface area contributed by atoms with Crippen LogP contribution in [0, 0.1) is 0 Å². The fourth-order valence-electron chi connectivity index (χ4n) is 1.94. The Balaban J connectivity index is 1.59. The lowest BCUT2D eigenvalue weighted by atomic mass is 10.3. The molecule has 2 rings (SSSR count). The smallest absolute Gasteiger partial charge is 0.120 e. The summed E-state index contributed by atoms with van der Waals surface area (Å²) in [5.41, 5.74) is 0. The Labute approximate surface area is 140 Å². The fourth-order valence-corrected chi connectivity index (χ4v) is 2.32. The topological polar surface area (TPSA) is 27.7 Å². The van der Waals surface area contributed by atoms with Gasteiger partial charge in [-0.3, -0.25) is 0 Å². The predicted octanol–water partition coefficient (Wildman–Crippen LogP) is 5.09. The first kappa shape index (κ1) is 16.7. The highest BCUT2D eigenvalue weighted by molar-refractivity contribution is 9.10. The summed E-state index contributed by atoms with van der Waals surface area (Å²) in [7, 11) is 0. The maximum atomic E-state index is 5.69. The lowest BCUT2D eigenvalue weighted by Crippen LogP contribution is -2.02. The molecule has 0 unspecified atom stereocenters. The second-order valence-electron chi connectivity index (χ2n) is 4.77. The zero-order valence-corrected chi connectivity index (χ0v) is 14.3. The molecule has 0 fully saturated rings. The molecule has 22 heavy (non-hydrogen) atoms. The molecule has 0 aliphatic rings. The second kappa shape index (κ2) is 9.36. The summed E-state index contributed by atoms with van der Waals surface area (Å²) in [5.74, 6) is 2.63. The van der Waals surface area contributed by atoms with E-state index in [2.05, 4.69) is 15.9 Å². The molecule has 0 bridgehead atoms. The normalized spacial score (nSPS) is 10.3. The molecular formula is C18H21BrO3. The number of halogens is 1. The van der Waals surface area contributed by atoms with Crippen molar-refractivity contribution in [2.75, 3.05) is 19.8 Å². The van der Waals surface area contributed by atoms with E-state index in [0.717, 1.165) is 34.6 Å². The van der Waals surface area contributed by atoms with Crippen LogP contribution in [0.3, 0.4) is 0 Å². The summed E-state index contributed by atoms with van der Waals surface area (Å²) >= 11 is 3.43. The molecule has 0 N–H and O–H groups in total. The van der Waals surface area contributed by atoms with Gasteiger partial charge in [0, 0.05) is 4.47 Å².